The van der Waals surface area contributed by atoms with Gasteiger partial charge in [0.1, 0.15) is 0 Å². The van der Waals surface area contributed by atoms with Crippen molar-refractivity contribution >= 4 is 52.5 Å². The van der Waals surface area contributed by atoms with Gasteiger partial charge in [-0.3, -0.25) is 0 Å². The van der Waals surface area contributed by atoms with Gasteiger partial charge in [0, 0.05) is 41.2 Å². The highest BCUT2D eigenvalue weighted by molar-refractivity contribution is 8.07. The molecule has 0 saturated heterocycles. The lowest BCUT2D eigenvalue weighted by molar-refractivity contribution is -0.128. The Labute approximate surface area is 220 Å². The first-order valence-corrected chi connectivity index (χ1v) is 14.4. The van der Waals surface area contributed by atoms with Crippen LogP contribution in [0.25, 0.3) is 0 Å². The van der Waals surface area contributed by atoms with Crippen molar-refractivity contribution in [1.29, 1.82) is 0 Å². The predicted molar refractivity (Wildman–Crippen MR) is 145 cm³/mol. The maximum atomic E-state index is 11.5. The SMILES string of the molecule is C=C(C)C(=O)OSCc1ccccc1.O=S(=O)(OSCc1ccccc1)OSCc1ccccc1. The highest BCUT2D eigenvalue weighted by atomic mass is 32.3. The molecule has 0 aliphatic rings. The number of benzene rings is 3. The highest BCUT2D eigenvalue weighted by Crippen LogP contribution is 2.22. The summed E-state index contributed by atoms with van der Waals surface area (Å²) in [6, 6.07) is 28.8. The molecule has 35 heavy (non-hydrogen) atoms. The Morgan fingerprint density at radius 1 is 0.686 bits per heavy atom. The number of carbonyl (C=O) groups is 1. The lowest BCUT2D eigenvalue weighted by Gasteiger charge is -2.04. The molecular formula is C25H26O6S4. The second-order valence-corrected chi connectivity index (χ2v) is 10.6. The lowest BCUT2D eigenvalue weighted by atomic mass is 10.2. The molecule has 3 aromatic carbocycles. The molecule has 186 valence electrons. The van der Waals surface area contributed by atoms with Gasteiger partial charge >= 0.3 is 16.4 Å². The number of carbonyl (C=O) groups excluding carboxylic acids is 1. The molecule has 0 aliphatic heterocycles. The first kappa shape index (κ1) is 29.0. The number of rotatable bonds is 12. The van der Waals surface area contributed by atoms with Gasteiger partial charge in [-0.15, -0.1) is 0 Å². The summed E-state index contributed by atoms with van der Waals surface area (Å²) in [5.41, 5.74) is 3.52. The van der Waals surface area contributed by atoms with E-state index in [4.69, 9.17) is 11.4 Å². The Balaban J connectivity index is 0.000000269. The molecule has 0 heterocycles. The average Bonchev–Trinajstić information content (AvgIpc) is 2.86. The van der Waals surface area contributed by atoms with Crippen LogP contribution >= 0.6 is 36.1 Å². The fraction of sp³-hybridized carbons (Fsp3) is 0.160. The third kappa shape index (κ3) is 13.5. The summed E-state index contributed by atoms with van der Waals surface area (Å²) >= 11 is 2.80. The molecule has 10 heteroatoms. The highest BCUT2D eigenvalue weighted by Gasteiger charge is 2.14. The molecule has 3 aromatic rings. The maximum absolute atomic E-state index is 11.5. The van der Waals surface area contributed by atoms with E-state index in [0.29, 0.717) is 22.8 Å². The van der Waals surface area contributed by atoms with E-state index >= 15 is 0 Å². The lowest BCUT2D eigenvalue weighted by Crippen LogP contribution is -2.01. The predicted octanol–water partition coefficient (Wildman–Crippen LogP) is 6.92. The van der Waals surface area contributed by atoms with Gasteiger partial charge in [0.25, 0.3) is 0 Å². The summed E-state index contributed by atoms with van der Waals surface area (Å²) in [7, 11) is -4.00. The van der Waals surface area contributed by atoms with Gasteiger partial charge in [0.2, 0.25) is 0 Å². The second-order valence-electron chi connectivity index (χ2n) is 6.94. The van der Waals surface area contributed by atoms with Crippen LogP contribution in [0.2, 0.25) is 0 Å². The summed E-state index contributed by atoms with van der Waals surface area (Å²) in [4.78, 5) is 11.0. The fourth-order valence-electron chi connectivity index (χ4n) is 2.26. The van der Waals surface area contributed by atoms with Crippen molar-refractivity contribution in [3.8, 4) is 0 Å². The molecule has 0 unspecified atom stereocenters. The molecule has 0 radical (unpaired) electrons. The van der Waals surface area contributed by atoms with Crippen LogP contribution in [0.4, 0.5) is 0 Å². The third-order valence-corrected chi connectivity index (χ3v) is 7.68. The van der Waals surface area contributed by atoms with Gasteiger partial charge in [-0.25, -0.2) is 4.79 Å². The maximum Gasteiger partial charge on any atom is 0.421 e. The van der Waals surface area contributed by atoms with Crippen molar-refractivity contribution < 1.29 is 24.7 Å². The zero-order chi connectivity index (χ0) is 25.4. The average molecular weight is 551 g/mol. The molecule has 0 amide bonds. The fourth-order valence-corrected chi connectivity index (χ4v) is 5.17. The molecule has 0 aliphatic carbocycles. The van der Waals surface area contributed by atoms with Crippen LogP contribution < -0.4 is 0 Å². The van der Waals surface area contributed by atoms with Crippen molar-refractivity contribution in [3.63, 3.8) is 0 Å². The molecule has 0 aromatic heterocycles. The number of hydrogen-bond acceptors (Lipinski definition) is 9. The van der Waals surface area contributed by atoms with Crippen LogP contribution in [0.15, 0.2) is 103 Å². The molecule has 0 saturated carbocycles. The van der Waals surface area contributed by atoms with E-state index in [-0.39, 0.29) is 5.97 Å². The van der Waals surface area contributed by atoms with Gasteiger partial charge in [-0.05, 0) is 23.6 Å². The monoisotopic (exact) mass is 550 g/mol. The molecular weight excluding hydrogens is 525 g/mol. The van der Waals surface area contributed by atoms with Gasteiger partial charge in [0.05, 0.1) is 17.8 Å². The minimum absolute atomic E-state index is 0.356. The van der Waals surface area contributed by atoms with Crippen molar-refractivity contribution in [3.05, 3.63) is 120 Å². The molecule has 0 spiro atoms. The summed E-state index contributed by atoms with van der Waals surface area (Å²) in [6.07, 6.45) is 0. The molecule has 0 atom stereocenters. The Hall–Kier alpha value is -2.21. The Bertz CT molecular complexity index is 1070. The minimum atomic E-state index is -4.00. The van der Waals surface area contributed by atoms with Crippen LogP contribution in [0.3, 0.4) is 0 Å². The molecule has 0 N–H and O–H groups in total. The zero-order valence-electron chi connectivity index (χ0n) is 19.1. The van der Waals surface area contributed by atoms with Crippen molar-refractivity contribution in [1.82, 2.24) is 0 Å². The van der Waals surface area contributed by atoms with Crippen molar-refractivity contribution in [2.75, 3.05) is 0 Å². The minimum Gasteiger partial charge on any atom is -0.388 e. The Morgan fingerprint density at radius 3 is 1.37 bits per heavy atom. The van der Waals surface area contributed by atoms with E-state index in [2.05, 4.69) is 6.58 Å². The Kier molecular flexibility index (Phi) is 13.6. The number of hydrogen-bond donors (Lipinski definition) is 0. The largest absolute Gasteiger partial charge is 0.421 e. The summed E-state index contributed by atoms with van der Waals surface area (Å²) in [6.45, 7) is 5.12. The van der Waals surface area contributed by atoms with Crippen LogP contribution in [0, 0.1) is 0 Å². The summed E-state index contributed by atoms with van der Waals surface area (Å²) < 4.78 is 37.4. The van der Waals surface area contributed by atoms with Gasteiger partial charge in [0.15, 0.2) is 0 Å². The van der Waals surface area contributed by atoms with Crippen LogP contribution in [-0.2, 0) is 43.9 Å². The smallest absolute Gasteiger partial charge is 0.388 e. The van der Waals surface area contributed by atoms with Gasteiger partial charge in [-0.2, -0.15) is 15.7 Å². The topological polar surface area (TPSA) is 78.9 Å². The molecule has 0 bridgehead atoms. The first-order valence-electron chi connectivity index (χ1n) is 10.3. The summed E-state index contributed by atoms with van der Waals surface area (Å²) in [5, 5.41) is 0. The van der Waals surface area contributed by atoms with E-state index in [1.807, 2.05) is 91.0 Å². The van der Waals surface area contributed by atoms with E-state index < -0.39 is 10.4 Å². The first-order chi connectivity index (χ1) is 16.9. The Morgan fingerprint density at radius 2 is 1.03 bits per heavy atom. The van der Waals surface area contributed by atoms with Crippen molar-refractivity contribution in [2.24, 2.45) is 0 Å². The molecule has 3 rings (SSSR count). The van der Waals surface area contributed by atoms with Crippen LogP contribution in [0.1, 0.15) is 23.6 Å². The quantitative estimate of drug-likeness (QED) is 0.176. The van der Waals surface area contributed by atoms with Gasteiger partial charge < -0.3 is 4.18 Å². The van der Waals surface area contributed by atoms with Crippen LogP contribution in [-0.4, -0.2) is 14.4 Å². The standard InChI is InChI=1S/C14H14O4S3.C11H12O2S/c15-21(16,17-19-11-13-7-3-1-4-8-13)18-20-12-14-9-5-2-6-10-14;1-9(2)11(12)13-14-8-10-6-4-3-5-7-10/h1-10H,11-12H2;3-7H,1,8H2,2H3. The van der Waals surface area contributed by atoms with Crippen LogP contribution in [0.5, 0.6) is 0 Å². The third-order valence-electron chi connectivity index (χ3n) is 3.95. The zero-order valence-corrected chi connectivity index (χ0v) is 22.3. The normalized spacial score (nSPS) is 10.7. The van der Waals surface area contributed by atoms with E-state index in [1.165, 1.54) is 0 Å². The van der Waals surface area contributed by atoms with Gasteiger partial charge in [-0.1, -0.05) is 97.6 Å². The van der Waals surface area contributed by atoms with Crippen molar-refractivity contribution in [2.45, 2.75) is 24.2 Å². The molecule has 6 nitrogen and oxygen atoms in total. The molecule has 0 fully saturated rings. The second kappa shape index (κ2) is 16.5. The van der Waals surface area contributed by atoms with E-state index in [0.717, 1.165) is 52.8 Å². The van der Waals surface area contributed by atoms with E-state index in [9.17, 15) is 13.2 Å². The van der Waals surface area contributed by atoms with E-state index in [1.54, 1.807) is 6.92 Å². The summed E-state index contributed by atoms with van der Waals surface area (Å²) in [5.74, 6) is 1.19.